The first-order valence-electron chi connectivity index (χ1n) is 11.1. The highest BCUT2D eigenvalue weighted by atomic mass is 32.1. The molecule has 0 unspecified atom stereocenters. The Bertz CT molecular complexity index is 1410. The zero-order chi connectivity index (χ0) is 23.7. The zero-order valence-corrected chi connectivity index (χ0v) is 20.2. The van der Waals surface area contributed by atoms with Gasteiger partial charge in [-0.1, -0.05) is 43.7 Å². The number of aromatic nitrogens is 3. The van der Waals surface area contributed by atoms with Crippen LogP contribution < -0.4 is 16.6 Å². The Hall–Kier alpha value is -3.26. The molecular weight excluding hydrogens is 436 g/mol. The summed E-state index contributed by atoms with van der Waals surface area (Å²) < 4.78 is 2.49. The highest BCUT2D eigenvalue weighted by Crippen LogP contribution is 2.31. The van der Waals surface area contributed by atoms with Crippen molar-refractivity contribution in [3.63, 3.8) is 0 Å². The number of thiazole rings is 1. The first-order valence-corrected chi connectivity index (χ1v) is 11.9. The van der Waals surface area contributed by atoms with Gasteiger partial charge in [0, 0.05) is 19.5 Å². The molecule has 33 heavy (non-hydrogen) atoms. The first kappa shape index (κ1) is 22.9. The number of carbonyl (C=O) groups is 1. The molecule has 1 aromatic carbocycles. The first-order chi connectivity index (χ1) is 15.7. The van der Waals surface area contributed by atoms with Crippen molar-refractivity contribution in [2.24, 2.45) is 20.0 Å². The molecule has 0 saturated carbocycles. The number of aryl methyl sites for hydroxylation is 1. The fraction of sp³-hybridized carbons (Fsp3) is 0.360. The predicted octanol–water partition coefficient (Wildman–Crippen LogP) is 4.02. The van der Waals surface area contributed by atoms with Gasteiger partial charge in [-0.3, -0.25) is 18.7 Å². The third kappa shape index (κ3) is 4.75. The lowest BCUT2D eigenvalue weighted by Gasteiger charge is -2.15. The molecule has 1 N–H and O–H groups in total. The maximum atomic E-state index is 12.8. The van der Waals surface area contributed by atoms with Gasteiger partial charge < -0.3 is 5.32 Å². The summed E-state index contributed by atoms with van der Waals surface area (Å²) in [5, 5.41) is 5.74. The predicted molar refractivity (Wildman–Crippen MR) is 134 cm³/mol. The van der Waals surface area contributed by atoms with E-state index < -0.39 is 11.2 Å². The van der Waals surface area contributed by atoms with Crippen LogP contribution in [0.4, 0.5) is 5.13 Å². The molecule has 2 heterocycles. The van der Waals surface area contributed by atoms with Gasteiger partial charge in [-0.2, -0.15) is 0 Å². The molecule has 2 aromatic heterocycles. The highest BCUT2D eigenvalue weighted by molar-refractivity contribution is 7.14. The Morgan fingerprint density at radius 1 is 1.15 bits per heavy atom. The second-order valence-electron chi connectivity index (χ2n) is 8.89. The molecule has 0 radical (unpaired) electrons. The minimum atomic E-state index is -0.401. The smallest absolute Gasteiger partial charge is 0.302 e. The van der Waals surface area contributed by atoms with Crippen molar-refractivity contribution in [1.29, 1.82) is 0 Å². The van der Waals surface area contributed by atoms with Gasteiger partial charge in [0.15, 0.2) is 5.13 Å². The molecule has 0 fully saturated rings. The molecule has 1 aliphatic rings. The number of carbonyl (C=O) groups excluding carboxylic acids is 1. The Morgan fingerprint density at radius 2 is 1.94 bits per heavy atom. The maximum Gasteiger partial charge on any atom is 0.330 e. The largest absolute Gasteiger partial charge is 0.330 e. The molecule has 4 rings (SSSR count). The van der Waals surface area contributed by atoms with Crippen LogP contribution in [0.2, 0.25) is 0 Å². The van der Waals surface area contributed by atoms with E-state index in [-0.39, 0.29) is 12.3 Å². The van der Waals surface area contributed by atoms with Gasteiger partial charge in [-0.25, -0.2) is 9.78 Å². The fourth-order valence-corrected chi connectivity index (χ4v) is 5.00. The van der Waals surface area contributed by atoms with Crippen LogP contribution in [0.5, 0.6) is 0 Å². The molecule has 0 atom stereocenters. The van der Waals surface area contributed by atoms with Crippen LogP contribution in [-0.4, -0.2) is 20.0 Å². The summed E-state index contributed by atoms with van der Waals surface area (Å²) in [5.74, 6) is 0.398. The van der Waals surface area contributed by atoms with E-state index in [9.17, 15) is 14.4 Å². The second-order valence-corrected chi connectivity index (χ2v) is 9.75. The number of allylic oxidation sites excluding steroid dienone is 4. The van der Waals surface area contributed by atoms with Crippen LogP contribution in [0.25, 0.3) is 16.5 Å². The van der Waals surface area contributed by atoms with Gasteiger partial charge in [-0.15, -0.1) is 11.3 Å². The molecular formula is C25H28N4O3S. The lowest BCUT2D eigenvalue weighted by molar-refractivity contribution is -0.115. The molecule has 3 aromatic rings. The van der Waals surface area contributed by atoms with E-state index in [2.05, 4.69) is 36.3 Å². The normalized spacial score (nSPS) is 13.8. The molecule has 0 saturated heterocycles. The minimum Gasteiger partial charge on any atom is -0.302 e. The van der Waals surface area contributed by atoms with Crippen LogP contribution in [0.3, 0.4) is 0 Å². The monoisotopic (exact) mass is 464 g/mol. The van der Waals surface area contributed by atoms with Crippen LogP contribution in [0, 0.1) is 5.92 Å². The Labute approximate surface area is 196 Å². The Morgan fingerprint density at radius 3 is 2.64 bits per heavy atom. The van der Waals surface area contributed by atoms with Crippen molar-refractivity contribution in [3.05, 3.63) is 73.4 Å². The van der Waals surface area contributed by atoms with Crippen molar-refractivity contribution < 1.29 is 4.79 Å². The van der Waals surface area contributed by atoms with Gasteiger partial charge in [0.1, 0.15) is 0 Å². The van der Waals surface area contributed by atoms with E-state index in [4.69, 9.17) is 0 Å². The number of rotatable bonds is 6. The number of amides is 1. The van der Waals surface area contributed by atoms with Crippen molar-refractivity contribution in [2.75, 3.05) is 5.32 Å². The number of benzene rings is 1. The number of nitrogens with one attached hydrogen (secondary N) is 1. The summed E-state index contributed by atoms with van der Waals surface area (Å²) in [5.41, 5.74) is 3.84. The molecule has 1 amide bonds. The molecule has 0 bridgehead atoms. The summed E-state index contributed by atoms with van der Waals surface area (Å²) in [7, 11) is 3.06. The SMILES string of the molecule is CC(C)CC1=CC=C(c2csc(NC(=O)Cc3cccc4c3c(=O)n(C)c(=O)n4C)n2)CC1. The number of nitrogens with zero attached hydrogens (tertiary/aromatic N) is 3. The summed E-state index contributed by atoms with van der Waals surface area (Å²) in [6.45, 7) is 4.46. The van der Waals surface area contributed by atoms with Gasteiger partial charge >= 0.3 is 5.69 Å². The zero-order valence-electron chi connectivity index (χ0n) is 19.3. The lowest BCUT2D eigenvalue weighted by Crippen LogP contribution is -2.37. The van der Waals surface area contributed by atoms with Crippen molar-refractivity contribution in [1.82, 2.24) is 14.1 Å². The molecule has 7 nitrogen and oxygen atoms in total. The topological polar surface area (TPSA) is 86.0 Å². The van der Waals surface area contributed by atoms with Crippen LogP contribution in [-0.2, 0) is 25.3 Å². The quantitative estimate of drug-likeness (QED) is 0.597. The van der Waals surface area contributed by atoms with Gasteiger partial charge in [-0.05, 0) is 42.4 Å². The van der Waals surface area contributed by atoms with E-state index in [1.165, 1.54) is 34.1 Å². The number of fused-ring (bicyclic) bond motifs is 1. The number of hydrogen-bond acceptors (Lipinski definition) is 5. The summed E-state index contributed by atoms with van der Waals surface area (Å²) in [6.07, 6.45) is 7.47. The summed E-state index contributed by atoms with van der Waals surface area (Å²) in [6, 6.07) is 5.21. The van der Waals surface area contributed by atoms with Gasteiger partial charge in [0.2, 0.25) is 5.91 Å². The fourth-order valence-electron chi connectivity index (χ4n) is 4.25. The van der Waals surface area contributed by atoms with E-state index in [0.717, 1.165) is 29.5 Å². The second kappa shape index (κ2) is 9.31. The van der Waals surface area contributed by atoms with Crippen LogP contribution in [0.15, 0.2) is 50.9 Å². The molecule has 0 aliphatic heterocycles. The Kier molecular flexibility index (Phi) is 6.47. The van der Waals surface area contributed by atoms with Crippen molar-refractivity contribution >= 4 is 38.9 Å². The maximum absolute atomic E-state index is 12.8. The molecule has 0 spiro atoms. The molecule has 1 aliphatic carbocycles. The minimum absolute atomic E-state index is 0.0176. The standard InChI is InChI=1S/C25H28N4O3S/c1-15(2)12-16-8-10-17(11-9-16)19-14-33-24(26-19)27-21(30)13-18-6-5-7-20-22(18)23(31)29(4)25(32)28(20)3/h5-8,10,14-15H,9,11-13H2,1-4H3,(H,26,27,30). The molecule has 8 heteroatoms. The van der Waals surface area contributed by atoms with Gasteiger partial charge in [0.25, 0.3) is 5.56 Å². The van der Waals surface area contributed by atoms with E-state index in [1.807, 2.05) is 5.38 Å². The summed E-state index contributed by atoms with van der Waals surface area (Å²) >= 11 is 1.39. The summed E-state index contributed by atoms with van der Waals surface area (Å²) in [4.78, 5) is 42.3. The van der Waals surface area contributed by atoms with E-state index in [0.29, 0.717) is 27.5 Å². The third-order valence-electron chi connectivity index (χ3n) is 5.92. The lowest BCUT2D eigenvalue weighted by atomic mass is 9.91. The van der Waals surface area contributed by atoms with Crippen LogP contribution in [0.1, 0.15) is 44.4 Å². The van der Waals surface area contributed by atoms with Crippen molar-refractivity contribution in [2.45, 2.75) is 39.5 Å². The van der Waals surface area contributed by atoms with Gasteiger partial charge in [0.05, 0.1) is 23.0 Å². The van der Waals surface area contributed by atoms with Crippen LogP contribution >= 0.6 is 11.3 Å². The third-order valence-corrected chi connectivity index (χ3v) is 6.68. The highest BCUT2D eigenvalue weighted by Gasteiger charge is 2.16. The average Bonchev–Trinajstić information content (AvgIpc) is 3.24. The molecule has 172 valence electrons. The number of hydrogen-bond donors (Lipinski definition) is 1. The Balaban J connectivity index is 1.51. The number of anilines is 1. The van der Waals surface area contributed by atoms with Crippen molar-refractivity contribution in [3.8, 4) is 0 Å². The van der Waals surface area contributed by atoms with E-state index >= 15 is 0 Å². The average molecular weight is 465 g/mol. The van der Waals surface area contributed by atoms with E-state index in [1.54, 1.807) is 25.2 Å².